The summed E-state index contributed by atoms with van der Waals surface area (Å²) < 4.78 is 0. The number of guanidine groups is 1. The average Bonchev–Trinajstić information content (AvgIpc) is 2.04. The van der Waals surface area contributed by atoms with Crippen LogP contribution >= 0.6 is 0 Å². The molecule has 0 bridgehead atoms. The molecule has 0 aromatic carbocycles. The smallest absolute Gasteiger partial charge is 0.188 e. The summed E-state index contributed by atoms with van der Waals surface area (Å²) >= 11 is 0. The molecule has 2 unspecified atom stereocenters. The quantitative estimate of drug-likeness (QED) is 0.387. The summed E-state index contributed by atoms with van der Waals surface area (Å²) in [5.74, 6) is 0.0839. The van der Waals surface area contributed by atoms with Crippen LogP contribution in [0.4, 0.5) is 0 Å². The van der Waals surface area contributed by atoms with Crippen molar-refractivity contribution >= 4 is 5.96 Å². The third-order valence-electron chi connectivity index (χ3n) is 2.42. The molecule has 1 aliphatic rings. The molecule has 4 heteroatoms. The minimum atomic E-state index is -0.394. The Morgan fingerprint density at radius 2 is 2.33 bits per heavy atom. The summed E-state index contributed by atoms with van der Waals surface area (Å²) in [7, 11) is 0. The lowest BCUT2D eigenvalue weighted by atomic mass is 9.99. The van der Waals surface area contributed by atoms with Crippen molar-refractivity contribution in [3.63, 3.8) is 0 Å². The van der Waals surface area contributed by atoms with E-state index < -0.39 is 6.10 Å². The molecule has 0 aromatic heterocycles. The van der Waals surface area contributed by atoms with Crippen LogP contribution in [0, 0.1) is 5.41 Å². The zero-order valence-corrected chi connectivity index (χ0v) is 7.45. The Bertz CT molecular complexity index is 170. The molecule has 0 saturated carbocycles. The van der Waals surface area contributed by atoms with E-state index in [0.29, 0.717) is 0 Å². The molecule has 2 atom stereocenters. The highest BCUT2D eigenvalue weighted by molar-refractivity contribution is 5.75. The van der Waals surface area contributed by atoms with Gasteiger partial charge in [-0.05, 0) is 26.2 Å². The molecular weight excluding hydrogens is 154 g/mol. The summed E-state index contributed by atoms with van der Waals surface area (Å²) in [6, 6.07) is 0.0521. The standard InChI is InChI=1S/C8H17N3O/c1-6(12)7-4-2-3-5-11(7)8(9)10/h6-7,12H,2-5H2,1H3,(H3,9,10). The number of nitrogens with two attached hydrogens (primary N) is 1. The molecule has 0 aliphatic carbocycles. The van der Waals surface area contributed by atoms with Gasteiger partial charge in [-0.2, -0.15) is 0 Å². The van der Waals surface area contributed by atoms with E-state index in [4.69, 9.17) is 11.1 Å². The van der Waals surface area contributed by atoms with Gasteiger partial charge in [0.25, 0.3) is 0 Å². The normalized spacial score (nSPS) is 26.8. The van der Waals surface area contributed by atoms with Crippen molar-refractivity contribution in [1.29, 1.82) is 5.41 Å². The first kappa shape index (κ1) is 9.32. The molecule has 0 amide bonds. The fraction of sp³-hybridized carbons (Fsp3) is 0.875. The first-order chi connectivity index (χ1) is 5.63. The monoisotopic (exact) mass is 171 g/mol. The third kappa shape index (κ3) is 1.88. The molecular formula is C8H17N3O. The van der Waals surface area contributed by atoms with Gasteiger partial charge in [0.2, 0.25) is 0 Å². The van der Waals surface area contributed by atoms with Crippen molar-refractivity contribution < 1.29 is 5.11 Å². The maximum atomic E-state index is 9.40. The van der Waals surface area contributed by atoms with Crippen molar-refractivity contribution in [3.05, 3.63) is 0 Å². The fourth-order valence-electron chi connectivity index (χ4n) is 1.76. The number of nitrogens with one attached hydrogen (secondary N) is 1. The van der Waals surface area contributed by atoms with Gasteiger partial charge in [0.15, 0.2) is 5.96 Å². The van der Waals surface area contributed by atoms with Crippen LogP contribution in [0.2, 0.25) is 0 Å². The SMILES string of the molecule is CC(O)C1CCCCN1C(=N)N. The first-order valence-corrected chi connectivity index (χ1v) is 4.41. The highest BCUT2D eigenvalue weighted by Gasteiger charge is 2.26. The fourth-order valence-corrected chi connectivity index (χ4v) is 1.76. The van der Waals surface area contributed by atoms with Crippen LogP contribution in [0.5, 0.6) is 0 Å². The molecule has 70 valence electrons. The zero-order valence-electron chi connectivity index (χ0n) is 7.45. The van der Waals surface area contributed by atoms with Crippen LogP contribution in [0.3, 0.4) is 0 Å². The van der Waals surface area contributed by atoms with E-state index in [2.05, 4.69) is 0 Å². The number of hydrogen-bond donors (Lipinski definition) is 3. The summed E-state index contributed by atoms with van der Waals surface area (Å²) in [6.45, 7) is 2.57. The molecule has 1 aliphatic heterocycles. The molecule has 0 spiro atoms. The van der Waals surface area contributed by atoms with Crippen LogP contribution in [0.15, 0.2) is 0 Å². The van der Waals surface area contributed by atoms with Crippen molar-refractivity contribution in [1.82, 2.24) is 4.90 Å². The molecule has 4 nitrogen and oxygen atoms in total. The second-order valence-corrected chi connectivity index (χ2v) is 3.38. The Labute approximate surface area is 72.9 Å². The molecule has 1 heterocycles. The largest absolute Gasteiger partial charge is 0.391 e. The Morgan fingerprint density at radius 1 is 1.67 bits per heavy atom. The predicted octanol–water partition coefficient (Wildman–Crippen LogP) is 0.115. The highest BCUT2D eigenvalue weighted by Crippen LogP contribution is 2.18. The Balaban J connectivity index is 2.60. The maximum absolute atomic E-state index is 9.40. The molecule has 4 N–H and O–H groups in total. The lowest BCUT2D eigenvalue weighted by Crippen LogP contribution is -2.51. The van der Waals surface area contributed by atoms with Gasteiger partial charge in [-0.15, -0.1) is 0 Å². The maximum Gasteiger partial charge on any atom is 0.188 e. The van der Waals surface area contributed by atoms with E-state index >= 15 is 0 Å². The van der Waals surface area contributed by atoms with Crippen LogP contribution in [-0.2, 0) is 0 Å². The lowest BCUT2D eigenvalue weighted by molar-refractivity contribution is 0.0754. The van der Waals surface area contributed by atoms with Gasteiger partial charge in [-0.1, -0.05) is 0 Å². The van der Waals surface area contributed by atoms with Crippen LogP contribution in [0.25, 0.3) is 0 Å². The van der Waals surface area contributed by atoms with Crippen molar-refractivity contribution in [2.24, 2.45) is 5.73 Å². The van der Waals surface area contributed by atoms with Gasteiger partial charge in [-0.25, -0.2) is 0 Å². The van der Waals surface area contributed by atoms with Gasteiger partial charge in [0.05, 0.1) is 12.1 Å². The van der Waals surface area contributed by atoms with Gasteiger partial charge in [-0.3, -0.25) is 5.41 Å². The Kier molecular flexibility index (Phi) is 2.92. The minimum absolute atomic E-state index is 0.0521. The van der Waals surface area contributed by atoms with Crippen molar-refractivity contribution in [2.75, 3.05) is 6.54 Å². The second-order valence-electron chi connectivity index (χ2n) is 3.38. The number of aliphatic hydroxyl groups is 1. The molecule has 1 rings (SSSR count). The lowest BCUT2D eigenvalue weighted by Gasteiger charge is -2.37. The van der Waals surface area contributed by atoms with Gasteiger partial charge in [0, 0.05) is 6.54 Å². The molecule has 12 heavy (non-hydrogen) atoms. The van der Waals surface area contributed by atoms with Gasteiger partial charge in [0.1, 0.15) is 0 Å². The van der Waals surface area contributed by atoms with E-state index in [1.54, 1.807) is 11.8 Å². The van der Waals surface area contributed by atoms with Crippen LogP contribution in [0.1, 0.15) is 26.2 Å². The van der Waals surface area contributed by atoms with Crippen LogP contribution < -0.4 is 5.73 Å². The summed E-state index contributed by atoms with van der Waals surface area (Å²) in [6.07, 6.45) is 2.74. The topological polar surface area (TPSA) is 73.3 Å². The van der Waals surface area contributed by atoms with E-state index in [0.717, 1.165) is 25.8 Å². The summed E-state index contributed by atoms with van der Waals surface area (Å²) in [4.78, 5) is 1.79. The van der Waals surface area contributed by atoms with E-state index in [9.17, 15) is 5.11 Å². The Morgan fingerprint density at radius 3 is 2.75 bits per heavy atom. The molecule has 0 radical (unpaired) electrons. The number of hydrogen-bond acceptors (Lipinski definition) is 2. The number of rotatable bonds is 1. The van der Waals surface area contributed by atoms with E-state index in [1.807, 2.05) is 0 Å². The third-order valence-corrected chi connectivity index (χ3v) is 2.42. The Hall–Kier alpha value is -0.770. The predicted molar refractivity (Wildman–Crippen MR) is 47.9 cm³/mol. The number of aliphatic hydroxyl groups excluding tert-OH is 1. The number of nitrogens with zero attached hydrogens (tertiary/aromatic N) is 1. The van der Waals surface area contributed by atoms with Crippen molar-refractivity contribution in [2.45, 2.75) is 38.3 Å². The van der Waals surface area contributed by atoms with E-state index in [1.165, 1.54) is 0 Å². The van der Waals surface area contributed by atoms with E-state index in [-0.39, 0.29) is 12.0 Å². The second kappa shape index (κ2) is 3.76. The minimum Gasteiger partial charge on any atom is -0.391 e. The highest BCUT2D eigenvalue weighted by atomic mass is 16.3. The van der Waals surface area contributed by atoms with Gasteiger partial charge >= 0.3 is 0 Å². The van der Waals surface area contributed by atoms with Crippen molar-refractivity contribution in [3.8, 4) is 0 Å². The molecule has 1 fully saturated rings. The number of likely N-dealkylation sites (tertiary alicyclic amines) is 1. The van der Waals surface area contributed by atoms with Gasteiger partial charge < -0.3 is 15.7 Å². The average molecular weight is 171 g/mol. The summed E-state index contributed by atoms with van der Waals surface area (Å²) in [5.41, 5.74) is 5.39. The number of piperidine rings is 1. The first-order valence-electron chi connectivity index (χ1n) is 4.41. The molecule has 0 aromatic rings. The zero-order chi connectivity index (χ0) is 9.14. The molecule has 1 saturated heterocycles. The summed E-state index contributed by atoms with van der Waals surface area (Å²) in [5, 5.41) is 16.7. The van der Waals surface area contributed by atoms with Crippen LogP contribution in [-0.4, -0.2) is 34.7 Å².